The normalized spacial score (nSPS) is 24.8. The van der Waals surface area contributed by atoms with E-state index in [1.54, 1.807) is 12.1 Å². The Hall–Kier alpha value is -1.91. The highest BCUT2D eigenvalue weighted by Gasteiger charge is 2.33. The summed E-state index contributed by atoms with van der Waals surface area (Å²) >= 11 is 0. The van der Waals surface area contributed by atoms with Gasteiger partial charge in [0.15, 0.2) is 0 Å². The lowest BCUT2D eigenvalue weighted by molar-refractivity contribution is -0.143. The number of nitrogens with zero attached hydrogens (tertiary/aromatic N) is 2. The van der Waals surface area contributed by atoms with Gasteiger partial charge in [0, 0.05) is 25.9 Å². The van der Waals surface area contributed by atoms with Gasteiger partial charge < -0.3 is 9.74 Å². The summed E-state index contributed by atoms with van der Waals surface area (Å²) in [5.74, 6) is 0.351. The van der Waals surface area contributed by atoms with Crippen LogP contribution in [0, 0.1) is 11.7 Å². The molecular weight excluding hydrogens is 283 g/mol. The van der Waals surface area contributed by atoms with E-state index in [2.05, 4.69) is 12.1 Å². The zero-order chi connectivity index (χ0) is 15.5. The van der Waals surface area contributed by atoms with Crippen molar-refractivity contribution in [1.29, 1.82) is 0 Å². The predicted molar refractivity (Wildman–Crippen MR) is 82.0 cm³/mol. The average Bonchev–Trinajstić information content (AvgIpc) is 2.97. The molecule has 1 aromatic carbocycles. The Bertz CT molecular complexity index is 571. The van der Waals surface area contributed by atoms with Crippen molar-refractivity contribution in [2.45, 2.75) is 38.7 Å². The topological polar surface area (TPSA) is 41.9 Å². The number of hydrogen-bond acceptors (Lipinski definition) is 3. The summed E-state index contributed by atoms with van der Waals surface area (Å²) in [6.45, 7) is 3.80. The highest BCUT2D eigenvalue weighted by atomic mass is 19.1. The van der Waals surface area contributed by atoms with Gasteiger partial charge in [-0.3, -0.25) is 4.79 Å². The Morgan fingerprint density at radius 3 is 2.91 bits per heavy atom. The van der Waals surface area contributed by atoms with Gasteiger partial charge in [-0.1, -0.05) is 24.2 Å². The first-order valence-electron chi connectivity index (χ1n) is 7.86. The number of piperidine rings is 1. The largest absolute Gasteiger partial charge is 0.382 e. The fourth-order valence-electron chi connectivity index (χ4n) is 3.09. The van der Waals surface area contributed by atoms with Crippen molar-refractivity contribution in [2.75, 3.05) is 13.1 Å². The Morgan fingerprint density at radius 2 is 2.18 bits per heavy atom. The maximum Gasteiger partial charge on any atom is 0.266 e. The third-order valence-corrected chi connectivity index (χ3v) is 4.30. The average molecular weight is 304 g/mol. The van der Waals surface area contributed by atoms with Crippen molar-refractivity contribution in [2.24, 2.45) is 11.1 Å². The lowest BCUT2D eigenvalue weighted by atomic mass is 9.99. The second-order valence-electron chi connectivity index (χ2n) is 6.29. The van der Waals surface area contributed by atoms with Crippen LogP contribution < -0.4 is 0 Å². The van der Waals surface area contributed by atoms with Gasteiger partial charge in [-0.2, -0.15) is 0 Å². The van der Waals surface area contributed by atoms with Crippen LogP contribution in [-0.2, 0) is 16.1 Å². The molecular formula is C17H21FN2O2. The molecule has 0 aromatic heterocycles. The molecule has 0 aliphatic carbocycles. The fraction of sp³-hybridized carbons (Fsp3) is 0.529. The first-order chi connectivity index (χ1) is 10.6. The van der Waals surface area contributed by atoms with Crippen LogP contribution in [0.25, 0.3) is 0 Å². The molecule has 22 heavy (non-hydrogen) atoms. The highest BCUT2D eigenvalue weighted by Crippen LogP contribution is 2.21. The summed E-state index contributed by atoms with van der Waals surface area (Å²) in [7, 11) is 0. The molecule has 1 amide bonds. The molecule has 3 rings (SSSR count). The second-order valence-corrected chi connectivity index (χ2v) is 6.29. The van der Waals surface area contributed by atoms with Gasteiger partial charge >= 0.3 is 0 Å². The standard InChI is InChI=1S/C17H21FN2O2/c1-12-3-2-8-20(11-12)17(21)16-10-15(19-22-16)9-13-4-6-14(18)7-5-13/h4-7,12,16H,2-3,8-11H2,1H3/t12-,16+/m1/s1. The van der Waals surface area contributed by atoms with E-state index in [4.69, 9.17) is 4.84 Å². The van der Waals surface area contributed by atoms with Crippen molar-refractivity contribution in [3.8, 4) is 0 Å². The first kappa shape index (κ1) is 15.0. The van der Waals surface area contributed by atoms with Gasteiger partial charge in [0.05, 0.1) is 5.71 Å². The number of likely N-dealkylation sites (tertiary alicyclic amines) is 1. The molecule has 2 aliphatic heterocycles. The lowest BCUT2D eigenvalue weighted by Crippen LogP contribution is -2.44. The number of carbonyl (C=O) groups is 1. The van der Waals surface area contributed by atoms with Crippen LogP contribution in [0.4, 0.5) is 4.39 Å². The summed E-state index contributed by atoms with van der Waals surface area (Å²) in [5, 5.41) is 4.05. The van der Waals surface area contributed by atoms with E-state index < -0.39 is 6.10 Å². The van der Waals surface area contributed by atoms with Gasteiger partial charge in [0.1, 0.15) is 5.82 Å². The van der Waals surface area contributed by atoms with Crippen LogP contribution in [0.2, 0.25) is 0 Å². The van der Waals surface area contributed by atoms with Gasteiger partial charge in [0.2, 0.25) is 6.10 Å². The van der Waals surface area contributed by atoms with E-state index >= 15 is 0 Å². The number of oxime groups is 1. The number of halogens is 1. The van der Waals surface area contributed by atoms with Crippen LogP contribution in [0.15, 0.2) is 29.4 Å². The van der Waals surface area contributed by atoms with Crippen LogP contribution in [0.1, 0.15) is 31.7 Å². The minimum Gasteiger partial charge on any atom is -0.382 e. The lowest BCUT2D eigenvalue weighted by Gasteiger charge is -2.32. The number of amides is 1. The van der Waals surface area contributed by atoms with Crippen molar-refractivity contribution >= 4 is 11.6 Å². The van der Waals surface area contributed by atoms with Crippen LogP contribution in [-0.4, -0.2) is 35.7 Å². The number of benzene rings is 1. The van der Waals surface area contributed by atoms with Crippen molar-refractivity contribution in [1.82, 2.24) is 4.90 Å². The third-order valence-electron chi connectivity index (χ3n) is 4.30. The molecule has 1 fully saturated rings. The van der Waals surface area contributed by atoms with E-state index in [1.807, 2.05) is 4.90 Å². The van der Waals surface area contributed by atoms with Crippen molar-refractivity contribution in [3.63, 3.8) is 0 Å². The molecule has 0 saturated carbocycles. The number of carbonyl (C=O) groups excluding carboxylic acids is 1. The molecule has 0 unspecified atom stereocenters. The van der Waals surface area contributed by atoms with E-state index in [1.165, 1.54) is 18.6 Å². The maximum atomic E-state index is 12.9. The second kappa shape index (κ2) is 6.46. The molecule has 0 spiro atoms. The van der Waals surface area contributed by atoms with E-state index in [0.717, 1.165) is 30.8 Å². The van der Waals surface area contributed by atoms with Gasteiger partial charge in [-0.25, -0.2) is 4.39 Å². The smallest absolute Gasteiger partial charge is 0.266 e. The molecule has 0 radical (unpaired) electrons. The van der Waals surface area contributed by atoms with Crippen LogP contribution >= 0.6 is 0 Å². The third kappa shape index (κ3) is 3.46. The van der Waals surface area contributed by atoms with E-state index in [-0.39, 0.29) is 11.7 Å². The minimum absolute atomic E-state index is 0.0457. The quantitative estimate of drug-likeness (QED) is 0.861. The zero-order valence-corrected chi connectivity index (χ0v) is 12.8. The zero-order valence-electron chi connectivity index (χ0n) is 12.8. The molecule has 118 valence electrons. The molecule has 5 heteroatoms. The van der Waals surface area contributed by atoms with E-state index in [9.17, 15) is 9.18 Å². The molecule has 1 saturated heterocycles. The summed E-state index contributed by atoms with van der Waals surface area (Å²) in [5.41, 5.74) is 1.82. The summed E-state index contributed by atoms with van der Waals surface area (Å²) in [4.78, 5) is 19.7. The van der Waals surface area contributed by atoms with Gasteiger partial charge in [0.25, 0.3) is 5.91 Å². The van der Waals surface area contributed by atoms with Crippen LogP contribution in [0.5, 0.6) is 0 Å². The molecule has 2 heterocycles. The fourth-order valence-corrected chi connectivity index (χ4v) is 3.09. The molecule has 0 N–H and O–H groups in total. The number of rotatable bonds is 3. The van der Waals surface area contributed by atoms with Gasteiger partial charge in [-0.05, 0) is 36.5 Å². The SMILES string of the molecule is C[C@@H]1CCCN(C(=O)[C@@H]2CC(Cc3ccc(F)cc3)=NO2)C1. The summed E-state index contributed by atoms with van der Waals surface area (Å²) < 4.78 is 12.9. The van der Waals surface area contributed by atoms with Gasteiger partial charge in [-0.15, -0.1) is 0 Å². The van der Waals surface area contributed by atoms with Crippen molar-refractivity contribution in [3.05, 3.63) is 35.6 Å². The molecule has 2 atom stereocenters. The van der Waals surface area contributed by atoms with Crippen molar-refractivity contribution < 1.29 is 14.0 Å². The molecule has 2 aliphatic rings. The summed E-state index contributed by atoms with van der Waals surface area (Å²) in [6, 6.07) is 6.34. The highest BCUT2D eigenvalue weighted by molar-refractivity contribution is 5.94. The Morgan fingerprint density at radius 1 is 1.41 bits per heavy atom. The van der Waals surface area contributed by atoms with Crippen LogP contribution in [0.3, 0.4) is 0 Å². The van der Waals surface area contributed by atoms with E-state index in [0.29, 0.717) is 18.8 Å². The Labute approximate surface area is 129 Å². The number of hydrogen-bond donors (Lipinski definition) is 0. The molecule has 1 aromatic rings. The molecule has 4 nitrogen and oxygen atoms in total. The summed E-state index contributed by atoms with van der Waals surface area (Å²) in [6.07, 6.45) is 2.88. The minimum atomic E-state index is -0.485. The molecule has 0 bridgehead atoms. The predicted octanol–water partition coefficient (Wildman–Crippen LogP) is 2.77. The maximum absolute atomic E-state index is 12.9. The Balaban J connectivity index is 1.54. The first-order valence-corrected chi connectivity index (χ1v) is 7.86. The Kier molecular flexibility index (Phi) is 4.41. The monoisotopic (exact) mass is 304 g/mol.